The molecule has 2 aromatic rings. The van der Waals surface area contributed by atoms with Gasteiger partial charge < -0.3 is 15.6 Å². The van der Waals surface area contributed by atoms with Crippen molar-refractivity contribution < 1.29 is 19.5 Å². The minimum absolute atomic E-state index is 0.198. The zero-order valence-corrected chi connectivity index (χ0v) is 18.2. The highest BCUT2D eigenvalue weighted by molar-refractivity contribution is 6.20. The lowest BCUT2D eigenvalue weighted by Gasteiger charge is -2.37. The number of halogens is 1. The topological polar surface area (TPSA) is 97.1 Å². The molecule has 0 aliphatic carbocycles. The second kappa shape index (κ2) is 12.0. The van der Waals surface area contributed by atoms with Gasteiger partial charge in [0.1, 0.15) is 24.7 Å². The highest BCUT2D eigenvalue weighted by atomic mass is 35.5. The van der Waals surface area contributed by atoms with Gasteiger partial charge >= 0.3 is 0 Å². The lowest BCUT2D eigenvalue weighted by atomic mass is 9.92. The number of hydroxylamine groups is 1. The third-order valence-corrected chi connectivity index (χ3v) is 5.74. The Morgan fingerprint density at radius 2 is 1.87 bits per heavy atom. The number of hydrogen-bond donors (Lipinski definition) is 3. The van der Waals surface area contributed by atoms with Gasteiger partial charge in [-0.2, -0.15) is 0 Å². The summed E-state index contributed by atoms with van der Waals surface area (Å²) in [5, 5.41) is 10.3. The molecule has 1 amide bonds. The van der Waals surface area contributed by atoms with Crippen molar-refractivity contribution in [1.29, 1.82) is 0 Å². The third kappa shape index (κ3) is 7.79. The minimum atomic E-state index is -0.628. The number of piperidine rings is 1. The van der Waals surface area contributed by atoms with Gasteiger partial charge in [0, 0.05) is 12.1 Å². The zero-order chi connectivity index (χ0) is 22.1. The fourth-order valence-electron chi connectivity index (χ4n) is 3.64. The van der Waals surface area contributed by atoms with Crippen molar-refractivity contribution in [2.45, 2.75) is 37.1 Å². The van der Waals surface area contributed by atoms with Gasteiger partial charge in [-0.15, -0.1) is 11.6 Å². The lowest BCUT2D eigenvalue weighted by molar-refractivity contribution is -0.0297. The number of carbonyl (C=O) groups excluding carboxylic acids is 1. The van der Waals surface area contributed by atoms with Gasteiger partial charge in [0.05, 0.1) is 5.50 Å². The van der Waals surface area contributed by atoms with Crippen molar-refractivity contribution in [1.82, 2.24) is 10.4 Å². The second-order valence-corrected chi connectivity index (χ2v) is 8.29. The highest BCUT2D eigenvalue weighted by Gasteiger charge is 2.29. The Hall–Kier alpha value is -2.16. The molecule has 1 saturated heterocycles. The van der Waals surface area contributed by atoms with Crippen LogP contribution in [0.3, 0.4) is 0 Å². The molecule has 1 heterocycles. The molecule has 2 aromatic carbocycles. The fraction of sp³-hybridized carbons (Fsp3) is 0.435. The number of benzene rings is 2. The third-order valence-electron chi connectivity index (χ3n) is 5.28. The summed E-state index contributed by atoms with van der Waals surface area (Å²) in [5.74, 6) is 0.684. The first-order valence-corrected chi connectivity index (χ1v) is 11.0. The fourth-order valence-corrected chi connectivity index (χ4v) is 4.07. The van der Waals surface area contributed by atoms with Crippen LogP contribution in [0, 0.1) is 5.92 Å². The van der Waals surface area contributed by atoms with E-state index < -0.39 is 12.3 Å². The number of para-hydroxylation sites is 1. The molecule has 4 unspecified atom stereocenters. The number of ether oxygens (including phenoxy) is 1. The molecule has 8 heteroatoms. The van der Waals surface area contributed by atoms with Crippen molar-refractivity contribution in [3.05, 3.63) is 66.2 Å². The van der Waals surface area contributed by atoms with Crippen LogP contribution in [-0.2, 0) is 4.84 Å². The van der Waals surface area contributed by atoms with Crippen LogP contribution in [0.25, 0.3) is 0 Å². The molecule has 0 saturated carbocycles. The molecular weight excluding hydrogens is 418 g/mol. The highest BCUT2D eigenvalue weighted by Crippen LogP contribution is 2.28. The SMILES string of the molecule is NC(CC1CCN(CC(O)COc2ccccc2)C(Cl)C1)ONC(=O)c1ccccc1. The molecule has 31 heavy (non-hydrogen) atoms. The number of aliphatic hydroxyl groups is 1. The standard InChI is InChI=1S/C23H30ClN3O4/c24-21-13-17(14-22(25)31-26-23(29)18-7-3-1-4-8-18)11-12-27(21)15-19(28)16-30-20-9-5-2-6-10-20/h1-10,17,19,21-22,28H,11-16,25H2,(H,26,29). The minimum Gasteiger partial charge on any atom is -0.491 e. The predicted octanol–water partition coefficient (Wildman–Crippen LogP) is 2.74. The number of rotatable bonds is 10. The first-order chi connectivity index (χ1) is 15.0. The molecule has 7 nitrogen and oxygen atoms in total. The molecule has 4 atom stereocenters. The van der Waals surface area contributed by atoms with E-state index in [-0.39, 0.29) is 23.9 Å². The average Bonchev–Trinajstić information content (AvgIpc) is 2.79. The van der Waals surface area contributed by atoms with Crippen LogP contribution in [0.2, 0.25) is 0 Å². The molecule has 3 rings (SSSR count). The number of carbonyl (C=O) groups is 1. The van der Waals surface area contributed by atoms with Gasteiger partial charge in [0.25, 0.3) is 5.91 Å². The van der Waals surface area contributed by atoms with E-state index in [4.69, 9.17) is 26.9 Å². The maximum absolute atomic E-state index is 12.0. The Balaban J connectivity index is 1.35. The van der Waals surface area contributed by atoms with Crippen LogP contribution in [0.15, 0.2) is 60.7 Å². The number of alkyl halides is 1. The van der Waals surface area contributed by atoms with E-state index in [1.165, 1.54) is 0 Å². The summed E-state index contributed by atoms with van der Waals surface area (Å²) in [7, 11) is 0. The molecule has 0 radical (unpaired) electrons. The van der Waals surface area contributed by atoms with Crippen LogP contribution < -0.4 is 16.0 Å². The Kier molecular flexibility index (Phi) is 9.12. The number of β-amino-alcohol motifs (C(OH)–C–C–N with tert-alkyl or cyclic N) is 1. The predicted molar refractivity (Wildman–Crippen MR) is 119 cm³/mol. The molecule has 0 spiro atoms. The number of nitrogens with zero attached hydrogens (tertiary/aromatic N) is 1. The Morgan fingerprint density at radius 3 is 2.55 bits per heavy atom. The van der Waals surface area contributed by atoms with Crippen molar-refractivity contribution >= 4 is 17.5 Å². The lowest BCUT2D eigenvalue weighted by Crippen LogP contribution is -2.46. The Labute approximate surface area is 188 Å². The van der Waals surface area contributed by atoms with Crippen LogP contribution in [-0.4, -0.2) is 53.4 Å². The van der Waals surface area contributed by atoms with Crippen LogP contribution in [0.1, 0.15) is 29.6 Å². The number of nitrogens with one attached hydrogen (secondary N) is 1. The number of hydrogen-bond acceptors (Lipinski definition) is 6. The van der Waals surface area contributed by atoms with Crippen LogP contribution in [0.5, 0.6) is 5.75 Å². The average molecular weight is 448 g/mol. The second-order valence-electron chi connectivity index (χ2n) is 7.79. The summed E-state index contributed by atoms with van der Waals surface area (Å²) >= 11 is 6.55. The van der Waals surface area contributed by atoms with Gasteiger partial charge in [-0.25, -0.2) is 5.48 Å². The Bertz CT molecular complexity index is 796. The van der Waals surface area contributed by atoms with Gasteiger partial charge in [0.2, 0.25) is 0 Å². The number of amides is 1. The summed E-state index contributed by atoms with van der Waals surface area (Å²) in [6, 6.07) is 18.2. The van der Waals surface area contributed by atoms with Crippen LogP contribution >= 0.6 is 11.6 Å². The number of likely N-dealkylation sites (tertiary alicyclic amines) is 1. The van der Waals surface area contributed by atoms with Crippen molar-refractivity contribution in [3.8, 4) is 5.75 Å². The van der Waals surface area contributed by atoms with Crippen molar-refractivity contribution in [2.24, 2.45) is 11.7 Å². The normalized spacial score (nSPS) is 21.3. The summed E-state index contributed by atoms with van der Waals surface area (Å²) in [4.78, 5) is 19.4. The zero-order valence-electron chi connectivity index (χ0n) is 17.4. The molecular formula is C23H30ClN3O4. The van der Waals surface area contributed by atoms with Gasteiger partial charge in [-0.05, 0) is 56.0 Å². The van der Waals surface area contributed by atoms with Crippen molar-refractivity contribution in [3.63, 3.8) is 0 Å². The number of aliphatic hydroxyl groups excluding tert-OH is 1. The molecule has 1 aliphatic heterocycles. The quantitative estimate of drug-likeness (QED) is 0.224. The molecule has 0 bridgehead atoms. The summed E-state index contributed by atoms with van der Waals surface area (Å²) in [6.07, 6.45) is 0.970. The number of nitrogens with two attached hydrogens (primary N) is 1. The first-order valence-electron chi connectivity index (χ1n) is 10.5. The van der Waals surface area contributed by atoms with E-state index in [1.807, 2.05) is 36.4 Å². The summed E-state index contributed by atoms with van der Waals surface area (Å²) in [6.45, 7) is 1.42. The Morgan fingerprint density at radius 1 is 1.19 bits per heavy atom. The van der Waals surface area contributed by atoms with Gasteiger partial charge in [-0.1, -0.05) is 36.4 Å². The smallest absolute Gasteiger partial charge is 0.274 e. The molecule has 0 aromatic heterocycles. The van der Waals surface area contributed by atoms with E-state index in [0.29, 0.717) is 18.5 Å². The van der Waals surface area contributed by atoms with Gasteiger partial charge in [-0.3, -0.25) is 14.5 Å². The molecule has 1 fully saturated rings. The largest absolute Gasteiger partial charge is 0.491 e. The first kappa shape index (κ1) is 23.5. The van der Waals surface area contributed by atoms with E-state index in [9.17, 15) is 9.90 Å². The maximum Gasteiger partial charge on any atom is 0.274 e. The van der Waals surface area contributed by atoms with Gasteiger partial charge in [0.15, 0.2) is 0 Å². The summed E-state index contributed by atoms with van der Waals surface area (Å²) in [5.41, 5.74) is 8.76. The molecule has 168 valence electrons. The monoisotopic (exact) mass is 447 g/mol. The van der Waals surface area contributed by atoms with Crippen molar-refractivity contribution in [2.75, 3.05) is 19.7 Å². The van der Waals surface area contributed by atoms with E-state index in [1.54, 1.807) is 24.3 Å². The van der Waals surface area contributed by atoms with Crippen LogP contribution in [0.4, 0.5) is 0 Å². The van der Waals surface area contributed by atoms with E-state index in [0.717, 1.165) is 25.1 Å². The molecule has 1 aliphatic rings. The summed E-state index contributed by atoms with van der Waals surface area (Å²) < 4.78 is 5.61. The van der Waals surface area contributed by atoms with E-state index >= 15 is 0 Å². The maximum atomic E-state index is 12.0. The molecule has 4 N–H and O–H groups in total. The van der Waals surface area contributed by atoms with E-state index in [2.05, 4.69) is 10.4 Å².